The standard InChI is InChI=1S/C13H18Cl2N2/c1-9(17-6-4-11(16)5-7-17)12-3-2-10(14)8-13(12)15/h2-3,8-9,11H,4-7,16H2,1H3. The molecule has 1 saturated heterocycles. The minimum absolute atomic E-state index is 0.326. The molecule has 4 heteroatoms. The van der Waals surface area contributed by atoms with Crippen molar-refractivity contribution in [3.63, 3.8) is 0 Å². The van der Waals surface area contributed by atoms with Crippen molar-refractivity contribution in [2.24, 2.45) is 5.73 Å². The Morgan fingerprint density at radius 2 is 1.94 bits per heavy atom. The third-order valence-corrected chi connectivity index (χ3v) is 4.10. The van der Waals surface area contributed by atoms with Crippen LogP contribution in [0.1, 0.15) is 31.4 Å². The maximum Gasteiger partial charge on any atom is 0.0468 e. The van der Waals surface area contributed by atoms with Crippen LogP contribution in [0.2, 0.25) is 10.0 Å². The SMILES string of the molecule is CC(c1ccc(Cl)cc1Cl)N1CCC(N)CC1. The van der Waals surface area contributed by atoms with E-state index < -0.39 is 0 Å². The van der Waals surface area contributed by atoms with Gasteiger partial charge in [0.25, 0.3) is 0 Å². The molecule has 17 heavy (non-hydrogen) atoms. The summed E-state index contributed by atoms with van der Waals surface area (Å²) in [5.74, 6) is 0. The van der Waals surface area contributed by atoms with Crippen molar-refractivity contribution in [1.29, 1.82) is 0 Å². The number of likely N-dealkylation sites (tertiary alicyclic amines) is 1. The highest BCUT2D eigenvalue weighted by atomic mass is 35.5. The molecule has 94 valence electrons. The van der Waals surface area contributed by atoms with E-state index in [9.17, 15) is 0 Å². The van der Waals surface area contributed by atoms with Crippen LogP contribution in [-0.2, 0) is 0 Å². The fourth-order valence-electron chi connectivity index (χ4n) is 2.34. The molecule has 0 radical (unpaired) electrons. The molecule has 2 nitrogen and oxygen atoms in total. The summed E-state index contributed by atoms with van der Waals surface area (Å²) in [4.78, 5) is 2.43. The molecule has 1 heterocycles. The summed E-state index contributed by atoms with van der Waals surface area (Å²) in [7, 11) is 0. The lowest BCUT2D eigenvalue weighted by atomic mass is 10.0. The fraction of sp³-hybridized carbons (Fsp3) is 0.538. The lowest BCUT2D eigenvalue weighted by Gasteiger charge is -2.35. The molecule has 1 atom stereocenters. The van der Waals surface area contributed by atoms with Gasteiger partial charge >= 0.3 is 0 Å². The van der Waals surface area contributed by atoms with E-state index in [0.29, 0.717) is 17.1 Å². The van der Waals surface area contributed by atoms with E-state index >= 15 is 0 Å². The summed E-state index contributed by atoms with van der Waals surface area (Å²) < 4.78 is 0. The summed E-state index contributed by atoms with van der Waals surface area (Å²) in [6.45, 7) is 4.27. The molecule has 2 N–H and O–H groups in total. The number of rotatable bonds is 2. The normalized spacial score (nSPS) is 20.5. The number of benzene rings is 1. The van der Waals surface area contributed by atoms with Crippen molar-refractivity contribution in [3.8, 4) is 0 Å². The molecule has 1 fully saturated rings. The van der Waals surface area contributed by atoms with Crippen LogP contribution < -0.4 is 5.73 Å². The van der Waals surface area contributed by atoms with Gasteiger partial charge in [-0.2, -0.15) is 0 Å². The maximum atomic E-state index is 6.24. The summed E-state index contributed by atoms with van der Waals surface area (Å²) in [5, 5.41) is 1.44. The summed E-state index contributed by atoms with van der Waals surface area (Å²) in [5.41, 5.74) is 7.06. The van der Waals surface area contributed by atoms with E-state index in [1.165, 1.54) is 0 Å². The second kappa shape index (κ2) is 5.57. The van der Waals surface area contributed by atoms with E-state index in [1.807, 2.05) is 18.2 Å². The van der Waals surface area contributed by atoms with Gasteiger partial charge in [0.1, 0.15) is 0 Å². The number of nitrogens with two attached hydrogens (primary N) is 1. The molecular formula is C13H18Cl2N2. The third-order valence-electron chi connectivity index (χ3n) is 3.53. The molecular weight excluding hydrogens is 255 g/mol. The minimum Gasteiger partial charge on any atom is -0.328 e. The van der Waals surface area contributed by atoms with Crippen molar-refractivity contribution < 1.29 is 0 Å². The average Bonchev–Trinajstić information content (AvgIpc) is 2.29. The molecule has 0 amide bonds. The van der Waals surface area contributed by atoms with Gasteiger partial charge in [0, 0.05) is 35.2 Å². The molecule has 0 bridgehead atoms. The van der Waals surface area contributed by atoms with Crippen LogP contribution in [0.4, 0.5) is 0 Å². The van der Waals surface area contributed by atoms with E-state index in [2.05, 4.69) is 11.8 Å². The fourth-order valence-corrected chi connectivity index (χ4v) is 2.91. The van der Waals surface area contributed by atoms with Gasteiger partial charge in [0.15, 0.2) is 0 Å². The zero-order valence-electron chi connectivity index (χ0n) is 10.00. The molecule has 2 rings (SSSR count). The molecule has 0 saturated carbocycles. The lowest BCUT2D eigenvalue weighted by molar-refractivity contribution is 0.163. The zero-order valence-corrected chi connectivity index (χ0v) is 11.5. The van der Waals surface area contributed by atoms with Gasteiger partial charge in [-0.05, 0) is 37.5 Å². The quantitative estimate of drug-likeness (QED) is 0.893. The van der Waals surface area contributed by atoms with Gasteiger partial charge in [0.2, 0.25) is 0 Å². The Balaban J connectivity index is 2.11. The third kappa shape index (κ3) is 3.14. The predicted octanol–water partition coefficient (Wildman–Crippen LogP) is 3.48. The van der Waals surface area contributed by atoms with Crippen molar-refractivity contribution in [2.45, 2.75) is 31.8 Å². The van der Waals surface area contributed by atoms with Crippen molar-refractivity contribution in [1.82, 2.24) is 4.90 Å². The summed E-state index contributed by atoms with van der Waals surface area (Å²) >= 11 is 12.1. The zero-order chi connectivity index (χ0) is 12.4. The minimum atomic E-state index is 0.326. The van der Waals surface area contributed by atoms with Gasteiger partial charge in [-0.3, -0.25) is 4.90 Å². The Hall–Kier alpha value is -0.280. The Labute approximate surface area is 113 Å². The van der Waals surface area contributed by atoms with Gasteiger partial charge in [-0.1, -0.05) is 29.3 Å². The number of piperidine rings is 1. The van der Waals surface area contributed by atoms with Gasteiger partial charge in [-0.15, -0.1) is 0 Å². The van der Waals surface area contributed by atoms with E-state index in [1.54, 1.807) is 0 Å². The van der Waals surface area contributed by atoms with Crippen LogP contribution in [0.25, 0.3) is 0 Å². The first-order valence-corrected chi connectivity index (χ1v) is 6.78. The molecule has 1 aliphatic rings. The van der Waals surface area contributed by atoms with Crippen LogP contribution in [0.15, 0.2) is 18.2 Å². The maximum absolute atomic E-state index is 6.24. The Kier molecular flexibility index (Phi) is 4.31. The summed E-state index contributed by atoms with van der Waals surface area (Å²) in [6.07, 6.45) is 2.13. The smallest absolute Gasteiger partial charge is 0.0468 e. The molecule has 1 unspecified atom stereocenters. The Morgan fingerprint density at radius 3 is 2.53 bits per heavy atom. The van der Waals surface area contributed by atoms with E-state index in [-0.39, 0.29) is 0 Å². The molecule has 1 aliphatic heterocycles. The van der Waals surface area contributed by atoms with Crippen molar-refractivity contribution in [2.75, 3.05) is 13.1 Å². The first kappa shape index (κ1) is 13.2. The molecule has 0 aliphatic carbocycles. The average molecular weight is 273 g/mol. The molecule has 1 aromatic carbocycles. The number of hydrogen-bond donors (Lipinski definition) is 1. The number of halogens is 2. The van der Waals surface area contributed by atoms with E-state index in [4.69, 9.17) is 28.9 Å². The molecule has 1 aromatic rings. The van der Waals surface area contributed by atoms with Crippen LogP contribution in [0.3, 0.4) is 0 Å². The van der Waals surface area contributed by atoms with Gasteiger partial charge in [0.05, 0.1) is 0 Å². The highest BCUT2D eigenvalue weighted by Gasteiger charge is 2.22. The Bertz CT molecular complexity index is 387. The van der Waals surface area contributed by atoms with Crippen LogP contribution >= 0.6 is 23.2 Å². The highest BCUT2D eigenvalue weighted by Crippen LogP contribution is 2.31. The first-order chi connectivity index (χ1) is 8.08. The number of nitrogens with zero attached hydrogens (tertiary/aromatic N) is 1. The van der Waals surface area contributed by atoms with Crippen LogP contribution in [0, 0.1) is 0 Å². The second-order valence-corrected chi connectivity index (χ2v) is 5.56. The first-order valence-electron chi connectivity index (χ1n) is 6.02. The van der Waals surface area contributed by atoms with Crippen LogP contribution in [0.5, 0.6) is 0 Å². The topological polar surface area (TPSA) is 29.3 Å². The number of hydrogen-bond acceptors (Lipinski definition) is 2. The largest absolute Gasteiger partial charge is 0.328 e. The summed E-state index contributed by atoms with van der Waals surface area (Å²) in [6, 6.07) is 6.41. The second-order valence-electron chi connectivity index (χ2n) is 4.72. The van der Waals surface area contributed by atoms with E-state index in [0.717, 1.165) is 36.5 Å². The lowest BCUT2D eigenvalue weighted by Crippen LogP contribution is -2.40. The van der Waals surface area contributed by atoms with Crippen molar-refractivity contribution >= 4 is 23.2 Å². The highest BCUT2D eigenvalue weighted by molar-refractivity contribution is 6.35. The van der Waals surface area contributed by atoms with Gasteiger partial charge in [-0.25, -0.2) is 0 Å². The Morgan fingerprint density at radius 1 is 1.29 bits per heavy atom. The van der Waals surface area contributed by atoms with Crippen molar-refractivity contribution in [3.05, 3.63) is 33.8 Å². The van der Waals surface area contributed by atoms with Gasteiger partial charge < -0.3 is 5.73 Å². The monoisotopic (exact) mass is 272 g/mol. The molecule has 0 spiro atoms. The predicted molar refractivity (Wildman–Crippen MR) is 73.7 cm³/mol. The van der Waals surface area contributed by atoms with Crippen LogP contribution in [-0.4, -0.2) is 24.0 Å². The molecule has 0 aromatic heterocycles.